The fourth-order valence-corrected chi connectivity index (χ4v) is 9.05. The normalized spacial score (nSPS) is 19.8. The van der Waals surface area contributed by atoms with Gasteiger partial charge in [0.1, 0.15) is 11.5 Å². The smallest absolute Gasteiger partial charge is 0.293 e. The molecule has 2 amide bonds. The van der Waals surface area contributed by atoms with E-state index in [0.717, 1.165) is 64.2 Å². The Morgan fingerprint density at radius 2 is 1.89 bits per heavy atom. The van der Waals surface area contributed by atoms with Crippen molar-refractivity contribution in [1.29, 1.82) is 0 Å². The van der Waals surface area contributed by atoms with Crippen LogP contribution >= 0.6 is 0 Å². The number of nitrogens with one attached hydrogen (secondary N) is 2. The molecule has 8 rings (SSSR count). The summed E-state index contributed by atoms with van der Waals surface area (Å²) in [4.78, 5) is 56.0. The molecule has 1 atom stereocenters. The number of aliphatic hydroxyl groups excluding tert-OH is 1. The summed E-state index contributed by atoms with van der Waals surface area (Å²) in [5.74, 6) is -0.0683. The van der Waals surface area contributed by atoms with Crippen LogP contribution in [-0.4, -0.2) is 92.4 Å². The van der Waals surface area contributed by atoms with Crippen LogP contribution in [-0.2, 0) is 42.6 Å². The Morgan fingerprint density at radius 3 is 2.64 bits per heavy atom. The molecule has 3 aliphatic heterocycles. The van der Waals surface area contributed by atoms with Crippen molar-refractivity contribution in [1.82, 2.24) is 24.0 Å². The second-order valence-electron chi connectivity index (χ2n) is 16.3. The van der Waals surface area contributed by atoms with E-state index in [1.165, 1.54) is 21.9 Å². The van der Waals surface area contributed by atoms with Gasteiger partial charge in [0, 0.05) is 100.0 Å². The van der Waals surface area contributed by atoms with Gasteiger partial charge in [-0.2, -0.15) is 0 Å². The number of benzene rings is 1. The quantitative estimate of drug-likeness (QED) is 0.209. The molecule has 3 aromatic heterocycles. The maximum Gasteiger partial charge on any atom is 0.293 e. The van der Waals surface area contributed by atoms with Gasteiger partial charge in [0.2, 0.25) is 5.91 Å². The van der Waals surface area contributed by atoms with Crippen molar-refractivity contribution in [2.45, 2.75) is 71.7 Å². The molecule has 0 spiro atoms. The summed E-state index contributed by atoms with van der Waals surface area (Å²) >= 11 is 0. The van der Waals surface area contributed by atoms with Gasteiger partial charge < -0.3 is 34.5 Å². The Hall–Kier alpha value is -5.31. The van der Waals surface area contributed by atoms with Crippen LogP contribution < -0.4 is 26.0 Å². The molecular formula is C42H51N9O5. The average Bonchev–Trinajstić information content (AvgIpc) is 3.69. The molecule has 14 nitrogen and oxygen atoms in total. The van der Waals surface area contributed by atoms with Crippen LogP contribution in [0, 0.1) is 5.41 Å². The number of carbonyl (C=O) groups is 2. The summed E-state index contributed by atoms with van der Waals surface area (Å²) in [6.45, 7) is 15.2. The van der Waals surface area contributed by atoms with Crippen molar-refractivity contribution in [3.63, 3.8) is 0 Å². The highest BCUT2D eigenvalue weighted by molar-refractivity contribution is 6.06. The number of hydrogen-bond donors (Lipinski definition) is 3. The van der Waals surface area contributed by atoms with Gasteiger partial charge in [-0.3, -0.25) is 24.2 Å². The minimum Gasteiger partial charge on any atom is -0.392 e. The third kappa shape index (κ3) is 7.01. The predicted octanol–water partition coefficient (Wildman–Crippen LogP) is 4.48. The average molecular weight is 762 g/mol. The number of aliphatic hydroxyl groups is 1. The lowest BCUT2D eigenvalue weighted by atomic mass is 9.90. The Morgan fingerprint density at radius 1 is 1.09 bits per heavy atom. The maximum atomic E-state index is 14.0. The second-order valence-corrected chi connectivity index (χ2v) is 16.3. The first kappa shape index (κ1) is 37.6. The van der Waals surface area contributed by atoms with Gasteiger partial charge in [0.25, 0.3) is 11.5 Å². The van der Waals surface area contributed by atoms with Gasteiger partial charge in [0.15, 0.2) is 5.82 Å². The highest BCUT2D eigenvalue weighted by Gasteiger charge is 2.38. The first-order valence-corrected chi connectivity index (χ1v) is 19.6. The summed E-state index contributed by atoms with van der Waals surface area (Å²) in [6.07, 6.45) is 8.40. The number of fused-ring (bicyclic) bond motifs is 3. The number of aromatic nitrogens is 4. The molecule has 4 aromatic rings. The van der Waals surface area contributed by atoms with Crippen molar-refractivity contribution in [3.8, 4) is 11.3 Å². The maximum absolute atomic E-state index is 14.0. The van der Waals surface area contributed by atoms with Gasteiger partial charge in [-0.15, -0.1) is 0 Å². The Labute approximate surface area is 326 Å². The lowest BCUT2D eigenvalue weighted by molar-refractivity contribution is -0.111. The van der Waals surface area contributed by atoms with Crippen LogP contribution in [0.15, 0.2) is 60.2 Å². The molecule has 0 radical (unpaired) electrons. The van der Waals surface area contributed by atoms with E-state index in [4.69, 9.17) is 9.72 Å². The summed E-state index contributed by atoms with van der Waals surface area (Å²) in [7, 11) is 1.64. The zero-order valence-corrected chi connectivity index (χ0v) is 32.7. The highest BCUT2D eigenvalue weighted by Crippen LogP contribution is 2.40. The summed E-state index contributed by atoms with van der Waals surface area (Å²) in [6, 6.07) is 10.1. The summed E-state index contributed by atoms with van der Waals surface area (Å²) < 4.78 is 9.17. The number of rotatable bonds is 9. The van der Waals surface area contributed by atoms with Crippen LogP contribution in [0.4, 0.5) is 28.7 Å². The number of carbonyl (C=O) groups excluding carboxylic acids is 2. The zero-order chi connectivity index (χ0) is 39.3. The molecule has 2 saturated heterocycles. The summed E-state index contributed by atoms with van der Waals surface area (Å²) in [5.41, 5.74) is 6.35. The number of amides is 2. The molecule has 0 saturated carbocycles. The number of piperazine rings is 1. The zero-order valence-electron chi connectivity index (χ0n) is 32.7. The number of pyridine rings is 1. The van der Waals surface area contributed by atoms with Crippen LogP contribution in [0.3, 0.4) is 0 Å². The second kappa shape index (κ2) is 15.0. The Balaban J connectivity index is 1.07. The van der Waals surface area contributed by atoms with Crippen molar-refractivity contribution in [2.24, 2.45) is 12.5 Å². The lowest BCUT2D eigenvalue weighted by Gasteiger charge is -2.45. The molecule has 14 heteroatoms. The third-order valence-corrected chi connectivity index (χ3v) is 11.8. The molecule has 294 valence electrons. The van der Waals surface area contributed by atoms with E-state index in [1.807, 2.05) is 18.2 Å². The molecular weight excluding hydrogens is 711 g/mol. The molecule has 3 N–H and O–H groups in total. The minimum atomic E-state index is -0.392. The van der Waals surface area contributed by atoms with Crippen molar-refractivity contribution in [2.75, 3.05) is 59.8 Å². The van der Waals surface area contributed by atoms with Crippen LogP contribution in [0.25, 0.3) is 11.3 Å². The highest BCUT2D eigenvalue weighted by atomic mass is 16.5. The molecule has 4 aliphatic rings. The standard InChI is InChI=1S/C42H51N9O5/c1-6-37(53)45-32-20-28(7-8-34(32)49-14-13-48(23-26(49)2)29-10-17-56-18-11-29)44-38-41(55)47(5)24-33(46-38)30-9-12-43-39(31(30)25-52)51-16-15-50-35(40(51)54)19-27-21-42(3,4)22-36(27)50/h6-9,12,19-20,24,26,29,52H,1,10-11,13-18,21-23,25H2,2-5H3,(H,44,46)(H,45,53)/t26-/m0/s1. The summed E-state index contributed by atoms with van der Waals surface area (Å²) in [5, 5.41) is 16.9. The van der Waals surface area contributed by atoms with Gasteiger partial charge in [-0.1, -0.05) is 20.4 Å². The van der Waals surface area contributed by atoms with Crippen LogP contribution in [0.1, 0.15) is 60.9 Å². The molecule has 0 unspecified atom stereocenters. The Kier molecular flexibility index (Phi) is 10.1. The lowest BCUT2D eigenvalue weighted by Crippen LogP contribution is -2.56. The minimum absolute atomic E-state index is 0.0590. The number of ether oxygens (including phenoxy) is 1. The van der Waals surface area contributed by atoms with E-state index < -0.39 is 6.61 Å². The van der Waals surface area contributed by atoms with Crippen molar-refractivity contribution >= 4 is 40.5 Å². The van der Waals surface area contributed by atoms with Crippen LogP contribution in [0.2, 0.25) is 0 Å². The number of nitrogens with zero attached hydrogens (tertiary/aromatic N) is 7. The molecule has 1 aromatic carbocycles. The van der Waals surface area contributed by atoms with Gasteiger partial charge in [0.05, 0.1) is 23.7 Å². The first-order chi connectivity index (χ1) is 26.9. The van der Waals surface area contributed by atoms with Crippen molar-refractivity contribution < 1.29 is 19.4 Å². The third-order valence-electron chi connectivity index (χ3n) is 11.8. The molecule has 0 bridgehead atoms. The molecule has 56 heavy (non-hydrogen) atoms. The topological polar surface area (TPSA) is 150 Å². The fourth-order valence-electron chi connectivity index (χ4n) is 9.05. The molecule has 6 heterocycles. The van der Waals surface area contributed by atoms with E-state index in [2.05, 4.69) is 57.3 Å². The number of hydrogen-bond acceptors (Lipinski definition) is 10. The van der Waals surface area contributed by atoms with E-state index in [9.17, 15) is 19.5 Å². The monoisotopic (exact) mass is 761 g/mol. The van der Waals surface area contributed by atoms with Gasteiger partial charge in [-0.05, 0) is 80.0 Å². The molecule has 1 aliphatic carbocycles. The SMILES string of the molecule is C=CC(=O)Nc1cc(Nc2nc(-c3ccnc(N4CCn5c(cc6c5CC(C)(C)C6)C4=O)c3CO)cn(C)c2=O)ccc1N1CCN(C2CCOCC2)C[C@@H]1C. The van der Waals surface area contributed by atoms with Gasteiger partial charge >= 0.3 is 0 Å². The van der Waals surface area contributed by atoms with E-state index in [1.54, 1.807) is 36.5 Å². The Bertz CT molecular complexity index is 2250. The van der Waals surface area contributed by atoms with Crippen molar-refractivity contribution in [3.05, 3.63) is 88.2 Å². The number of anilines is 5. The largest absolute Gasteiger partial charge is 0.392 e. The van der Waals surface area contributed by atoms with Gasteiger partial charge in [-0.25, -0.2) is 9.97 Å². The van der Waals surface area contributed by atoms with E-state index in [0.29, 0.717) is 58.8 Å². The van der Waals surface area contributed by atoms with Crippen LogP contribution in [0.5, 0.6) is 0 Å². The fraction of sp³-hybridized carbons (Fsp3) is 0.452. The predicted molar refractivity (Wildman–Crippen MR) is 217 cm³/mol. The van der Waals surface area contributed by atoms with E-state index in [-0.39, 0.29) is 34.6 Å². The number of aryl methyl sites for hydroxylation is 1. The molecule has 2 fully saturated rings. The van der Waals surface area contributed by atoms with E-state index >= 15 is 0 Å². The first-order valence-electron chi connectivity index (χ1n) is 19.6.